The average molecular weight is 370 g/mol. The molecule has 26 heavy (non-hydrogen) atoms. The summed E-state index contributed by atoms with van der Waals surface area (Å²) >= 11 is 6.32. The van der Waals surface area contributed by atoms with E-state index < -0.39 is 5.95 Å². The Morgan fingerprint density at radius 2 is 2.00 bits per heavy atom. The predicted octanol–water partition coefficient (Wildman–Crippen LogP) is 5.06. The van der Waals surface area contributed by atoms with Gasteiger partial charge in [-0.25, -0.2) is 4.98 Å². The summed E-state index contributed by atoms with van der Waals surface area (Å²) in [6.07, 6.45) is 2.63. The largest absolute Gasteiger partial charge is 0.322 e. The minimum Gasteiger partial charge on any atom is -0.322 e. The maximum Gasteiger partial charge on any atom is 0.257 e. The third kappa shape index (κ3) is 3.89. The molecule has 132 valence electrons. The monoisotopic (exact) mass is 369 g/mol. The lowest BCUT2D eigenvalue weighted by Crippen LogP contribution is -2.14. The van der Waals surface area contributed by atoms with E-state index in [1.165, 1.54) is 6.07 Å². The Morgan fingerprint density at radius 1 is 1.19 bits per heavy atom. The first-order chi connectivity index (χ1) is 12.5. The van der Waals surface area contributed by atoms with Crippen molar-refractivity contribution in [2.45, 2.75) is 20.3 Å². The third-order valence-corrected chi connectivity index (χ3v) is 4.36. The Morgan fingerprint density at radius 3 is 2.73 bits per heavy atom. The molecule has 1 aromatic carbocycles. The van der Waals surface area contributed by atoms with E-state index in [1.807, 2.05) is 12.1 Å². The minimum absolute atomic E-state index is 0.314. The molecule has 0 saturated carbocycles. The molecule has 0 fully saturated rings. The second-order valence-electron chi connectivity index (χ2n) is 5.82. The van der Waals surface area contributed by atoms with E-state index in [-0.39, 0.29) is 5.91 Å². The van der Waals surface area contributed by atoms with Gasteiger partial charge >= 0.3 is 0 Å². The quantitative estimate of drug-likeness (QED) is 0.654. The number of carbonyl (C=O) groups is 1. The lowest BCUT2D eigenvalue weighted by molar-refractivity contribution is 0.102. The zero-order valence-corrected chi connectivity index (χ0v) is 15.1. The van der Waals surface area contributed by atoms with Crippen LogP contribution in [0.15, 0.2) is 48.7 Å². The van der Waals surface area contributed by atoms with Gasteiger partial charge in [0.05, 0.1) is 22.0 Å². The maximum atomic E-state index is 13.1. The number of pyridine rings is 2. The highest BCUT2D eigenvalue weighted by molar-refractivity contribution is 6.33. The number of nitrogens with zero attached hydrogens (tertiary/aromatic N) is 2. The first-order valence-electron chi connectivity index (χ1n) is 8.17. The third-order valence-electron chi connectivity index (χ3n) is 4.03. The van der Waals surface area contributed by atoms with Crippen molar-refractivity contribution in [1.29, 1.82) is 0 Å². The van der Waals surface area contributed by atoms with Gasteiger partial charge < -0.3 is 5.32 Å². The van der Waals surface area contributed by atoms with Crippen LogP contribution in [0.2, 0.25) is 5.02 Å². The van der Waals surface area contributed by atoms with Gasteiger partial charge in [-0.15, -0.1) is 0 Å². The van der Waals surface area contributed by atoms with E-state index in [1.54, 1.807) is 31.3 Å². The van der Waals surface area contributed by atoms with Crippen molar-refractivity contribution in [3.05, 3.63) is 76.5 Å². The minimum atomic E-state index is -0.616. The first kappa shape index (κ1) is 18.0. The van der Waals surface area contributed by atoms with Gasteiger partial charge in [0.15, 0.2) is 0 Å². The van der Waals surface area contributed by atoms with E-state index in [0.717, 1.165) is 29.3 Å². The summed E-state index contributed by atoms with van der Waals surface area (Å²) < 4.78 is 13.1. The summed E-state index contributed by atoms with van der Waals surface area (Å²) in [4.78, 5) is 20.5. The molecular weight excluding hydrogens is 353 g/mol. The van der Waals surface area contributed by atoms with E-state index in [0.29, 0.717) is 22.0 Å². The van der Waals surface area contributed by atoms with Gasteiger partial charge in [-0.1, -0.05) is 18.5 Å². The number of rotatable bonds is 4. The molecule has 2 aromatic heterocycles. The molecule has 1 N–H and O–H groups in total. The highest BCUT2D eigenvalue weighted by Gasteiger charge is 2.13. The van der Waals surface area contributed by atoms with E-state index >= 15 is 0 Å². The van der Waals surface area contributed by atoms with Crippen LogP contribution in [0.1, 0.15) is 28.5 Å². The normalized spacial score (nSPS) is 10.6. The average Bonchev–Trinajstić information content (AvgIpc) is 2.63. The number of hydrogen-bond donors (Lipinski definition) is 1. The van der Waals surface area contributed by atoms with Gasteiger partial charge in [0.25, 0.3) is 5.91 Å². The fourth-order valence-corrected chi connectivity index (χ4v) is 2.82. The molecular formula is C20H17ClFN3O. The Bertz CT molecular complexity index is 975. The molecule has 0 atom stereocenters. The van der Waals surface area contributed by atoms with Crippen LogP contribution in [0.5, 0.6) is 0 Å². The highest BCUT2D eigenvalue weighted by atomic mass is 35.5. The van der Waals surface area contributed by atoms with Crippen molar-refractivity contribution < 1.29 is 9.18 Å². The van der Waals surface area contributed by atoms with E-state index in [2.05, 4.69) is 22.2 Å². The number of aryl methyl sites for hydroxylation is 2. The summed E-state index contributed by atoms with van der Waals surface area (Å²) in [5.41, 5.74) is 3.83. The number of nitrogens with one attached hydrogen (secondary N) is 1. The Labute approximate surface area is 156 Å². The lowest BCUT2D eigenvalue weighted by Gasteiger charge is -2.11. The molecule has 6 heteroatoms. The lowest BCUT2D eigenvalue weighted by atomic mass is 10.1. The molecule has 0 aliphatic rings. The summed E-state index contributed by atoms with van der Waals surface area (Å²) in [5, 5.41) is 3.34. The number of halogens is 2. The molecule has 2 heterocycles. The number of benzene rings is 1. The highest BCUT2D eigenvalue weighted by Crippen LogP contribution is 2.30. The van der Waals surface area contributed by atoms with E-state index in [4.69, 9.17) is 11.6 Å². The Kier molecular flexibility index (Phi) is 5.28. The summed E-state index contributed by atoms with van der Waals surface area (Å²) in [7, 11) is 0. The number of carbonyl (C=O) groups excluding carboxylic acids is 1. The smallest absolute Gasteiger partial charge is 0.257 e. The van der Waals surface area contributed by atoms with Crippen molar-refractivity contribution in [3.8, 4) is 11.3 Å². The van der Waals surface area contributed by atoms with Gasteiger partial charge in [-0.2, -0.15) is 4.39 Å². The van der Waals surface area contributed by atoms with Crippen LogP contribution in [-0.4, -0.2) is 15.9 Å². The van der Waals surface area contributed by atoms with Crippen molar-refractivity contribution >= 4 is 23.2 Å². The molecule has 1 amide bonds. The summed E-state index contributed by atoms with van der Waals surface area (Å²) in [5.74, 6) is -0.978. The van der Waals surface area contributed by atoms with Crippen LogP contribution < -0.4 is 5.32 Å². The fourth-order valence-electron chi connectivity index (χ4n) is 2.61. The Balaban J connectivity index is 1.91. The predicted molar refractivity (Wildman–Crippen MR) is 101 cm³/mol. The number of hydrogen-bond acceptors (Lipinski definition) is 3. The van der Waals surface area contributed by atoms with Crippen molar-refractivity contribution in [3.63, 3.8) is 0 Å². The fraction of sp³-hybridized carbons (Fsp3) is 0.150. The summed E-state index contributed by atoms with van der Waals surface area (Å²) in [6.45, 7) is 3.65. The van der Waals surface area contributed by atoms with Crippen LogP contribution in [0.3, 0.4) is 0 Å². The zero-order valence-electron chi connectivity index (χ0n) is 14.4. The van der Waals surface area contributed by atoms with Gasteiger partial charge in [0, 0.05) is 17.4 Å². The second-order valence-corrected chi connectivity index (χ2v) is 6.23. The van der Waals surface area contributed by atoms with Crippen molar-refractivity contribution in [2.75, 3.05) is 5.32 Å². The molecule has 0 aliphatic carbocycles. The van der Waals surface area contributed by atoms with Gasteiger partial charge in [0.2, 0.25) is 5.95 Å². The van der Waals surface area contributed by atoms with E-state index in [9.17, 15) is 9.18 Å². The van der Waals surface area contributed by atoms with Crippen molar-refractivity contribution in [2.24, 2.45) is 0 Å². The van der Waals surface area contributed by atoms with Gasteiger partial charge in [0.1, 0.15) is 0 Å². The molecule has 3 aromatic rings. The first-order valence-corrected chi connectivity index (χ1v) is 8.55. The maximum absolute atomic E-state index is 13.1. The number of anilines is 1. The zero-order chi connectivity index (χ0) is 18.7. The molecule has 0 aliphatic heterocycles. The van der Waals surface area contributed by atoms with Gasteiger partial charge in [-0.05, 0) is 61.4 Å². The van der Waals surface area contributed by atoms with Crippen LogP contribution in [0, 0.1) is 12.9 Å². The molecule has 0 saturated heterocycles. The standard InChI is InChI=1S/C20H17ClFN3O/c1-3-13-8-9-23-18(10-13)16-11-14(4-6-17(16)21)25-20(26)15-5-7-19(22)24-12(15)2/h4-11H,3H2,1-2H3,(H,25,26). The number of aromatic nitrogens is 2. The molecule has 3 rings (SSSR count). The number of amides is 1. The van der Waals surface area contributed by atoms with Crippen LogP contribution in [-0.2, 0) is 6.42 Å². The second kappa shape index (κ2) is 7.62. The van der Waals surface area contributed by atoms with Crippen LogP contribution in [0.25, 0.3) is 11.3 Å². The summed E-state index contributed by atoms with van der Waals surface area (Å²) in [6, 6.07) is 11.7. The topological polar surface area (TPSA) is 54.9 Å². The van der Waals surface area contributed by atoms with Crippen molar-refractivity contribution in [1.82, 2.24) is 9.97 Å². The molecule has 0 bridgehead atoms. The molecule has 0 radical (unpaired) electrons. The van der Waals surface area contributed by atoms with Gasteiger partial charge in [-0.3, -0.25) is 9.78 Å². The van der Waals surface area contributed by atoms with Crippen LogP contribution in [0.4, 0.5) is 10.1 Å². The molecule has 0 spiro atoms. The molecule has 0 unspecified atom stereocenters. The van der Waals surface area contributed by atoms with Crippen LogP contribution >= 0.6 is 11.6 Å². The SMILES string of the molecule is CCc1ccnc(-c2cc(NC(=O)c3ccc(F)nc3C)ccc2Cl)c1. The molecule has 4 nitrogen and oxygen atoms in total. The Hall–Kier alpha value is -2.79.